The van der Waals surface area contributed by atoms with Gasteiger partial charge in [-0.25, -0.2) is 13.5 Å². The van der Waals surface area contributed by atoms with Crippen LogP contribution in [0.4, 0.5) is 8.78 Å². The van der Waals surface area contributed by atoms with Gasteiger partial charge in [0.15, 0.2) is 6.23 Å². The second-order valence-electron chi connectivity index (χ2n) is 7.68. The van der Waals surface area contributed by atoms with Crippen LogP contribution in [0.25, 0.3) is 16.9 Å². The molecule has 1 fully saturated rings. The highest BCUT2D eigenvalue weighted by atomic mass is 19.1. The van der Waals surface area contributed by atoms with Crippen molar-refractivity contribution >= 4 is 5.91 Å². The molecule has 3 heterocycles. The zero-order valence-electron chi connectivity index (χ0n) is 17.3. The van der Waals surface area contributed by atoms with E-state index in [1.165, 1.54) is 29.3 Å². The monoisotopic (exact) mass is 451 g/mol. The van der Waals surface area contributed by atoms with Crippen molar-refractivity contribution in [3.05, 3.63) is 90.0 Å². The van der Waals surface area contributed by atoms with Gasteiger partial charge in [-0.05, 0) is 42.3 Å². The van der Waals surface area contributed by atoms with Gasteiger partial charge < -0.3 is 19.2 Å². The lowest BCUT2D eigenvalue weighted by atomic mass is 10.1. The molecule has 0 bridgehead atoms. The molecule has 1 atom stereocenters. The zero-order chi connectivity index (χ0) is 22.9. The van der Waals surface area contributed by atoms with Crippen LogP contribution >= 0.6 is 0 Å². The van der Waals surface area contributed by atoms with Crippen molar-refractivity contribution in [2.24, 2.45) is 0 Å². The molecule has 5 rings (SSSR count). The Morgan fingerprint density at radius 3 is 2.55 bits per heavy atom. The molecule has 1 aliphatic heterocycles. The molecule has 1 N–H and O–H groups in total. The van der Waals surface area contributed by atoms with Crippen molar-refractivity contribution in [3.8, 4) is 22.7 Å². The molecule has 2 aromatic heterocycles. The summed E-state index contributed by atoms with van der Waals surface area (Å²) in [6.45, 7) is 0.281. The summed E-state index contributed by atoms with van der Waals surface area (Å²) >= 11 is 0. The van der Waals surface area contributed by atoms with Crippen molar-refractivity contribution in [1.82, 2.24) is 14.7 Å². The van der Waals surface area contributed by atoms with Gasteiger partial charge in [0.05, 0.1) is 18.2 Å². The number of furan rings is 1. The molecule has 7 nitrogen and oxygen atoms in total. The minimum atomic E-state index is -0.730. The summed E-state index contributed by atoms with van der Waals surface area (Å²) in [6.07, 6.45) is 4.42. The lowest BCUT2D eigenvalue weighted by Crippen LogP contribution is -2.30. The molecule has 33 heavy (non-hydrogen) atoms. The van der Waals surface area contributed by atoms with Crippen LogP contribution in [0.3, 0.4) is 0 Å². The van der Waals surface area contributed by atoms with E-state index in [2.05, 4.69) is 5.10 Å². The number of phenolic OH excluding ortho intramolecular Hbond substituents is 1. The van der Waals surface area contributed by atoms with Crippen LogP contribution in [-0.2, 0) is 16.0 Å². The molecule has 4 aromatic rings. The third kappa shape index (κ3) is 4.22. The topological polar surface area (TPSA) is 80.7 Å². The third-order valence-corrected chi connectivity index (χ3v) is 5.46. The number of ether oxygens (including phenoxy) is 1. The van der Waals surface area contributed by atoms with Crippen molar-refractivity contribution in [3.63, 3.8) is 0 Å². The fourth-order valence-electron chi connectivity index (χ4n) is 3.86. The van der Waals surface area contributed by atoms with E-state index in [9.17, 15) is 18.7 Å². The number of hydrogen-bond donors (Lipinski definition) is 1. The highest BCUT2D eigenvalue weighted by Crippen LogP contribution is 2.35. The van der Waals surface area contributed by atoms with Gasteiger partial charge in [0, 0.05) is 29.9 Å². The van der Waals surface area contributed by atoms with Crippen molar-refractivity contribution in [2.45, 2.75) is 12.6 Å². The molecular weight excluding hydrogens is 432 g/mol. The first-order valence-electron chi connectivity index (χ1n) is 10.3. The first-order valence-corrected chi connectivity index (χ1v) is 10.3. The number of carbonyl (C=O) groups is 1. The van der Waals surface area contributed by atoms with E-state index in [1.807, 2.05) is 0 Å². The van der Waals surface area contributed by atoms with E-state index in [1.54, 1.807) is 41.4 Å². The third-order valence-electron chi connectivity index (χ3n) is 5.46. The highest BCUT2D eigenvalue weighted by Gasteiger charge is 2.36. The lowest BCUT2D eigenvalue weighted by Gasteiger charge is -2.23. The molecule has 0 unspecified atom stereocenters. The summed E-state index contributed by atoms with van der Waals surface area (Å²) in [4.78, 5) is 14.2. The maximum absolute atomic E-state index is 13.8. The Morgan fingerprint density at radius 2 is 1.85 bits per heavy atom. The van der Waals surface area contributed by atoms with Crippen molar-refractivity contribution in [2.75, 3.05) is 13.2 Å². The Bertz CT molecular complexity index is 1270. The summed E-state index contributed by atoms with van der Waals surface area (Å²) in [5.74, 6) is -1.46. The molecular formula is C24H19F2N3O4. The SMILES string of the molecule is O=C1CO[C@H](c2cn(-c3cc(F)cc(F)c3)nc2-c2ccoc2)N1CCc1ccc(O)cc1. The summed E-state index contributed by atoms with van der Waals surface area (Å²) in [7, 11) is 0. The van der Waals surface area contributed by atoms with E-state index in [-0.39, 0.29) is 24.0 Å². The number of rotatable bonds is 6. The standard InChI is InChI=1S/C24H19F2N3O4/c25-17-9-18(26)11-19(10-17)29-12-21(23(27-29)16-6-8-32-13-16)24-28(22(31)14-33-24)7-5-15-1-3-20(30)4-2-15/h1-4,6,8-13,24,30H,5,7,14H2/t24-/m1/s1. The number of nitrogens with zero attached hydrogens (tertiary/aromatic N) is 3. The number of halogens is 2. The van der Waals surface area contributed by atoms with Crippen LogP contribution in [-0.4, -0.2) is 38.8 Å². The Morgan fingerprint density at radius 1 is 1.09 bits per heavy atom. The number of phenols is 1. The van der Waals surface area contributed by atoms with Crippen LogP contribution in [0.15, 0.2) is 71.7 Å². The first-order chi connectivity index (χ1) is 16.0. The normalized spacial score (nSPS) is 16.0. The van der Waals surface area contributed by atoms with E-state index in [4.69, 9.17) is 9.15 Å². The molecule has 0 saturated carbocycles. The Hall–Kier alpha value is -3.98. The quantitative estimate of drug-likeness (QED) is 0.475. The number of benzene rings is 2. The summed E-state index contributed by atoms with van der Waals surface area (Å²) in [5.41, 5.74) is 2.83. The van der Waals surface area contributed by atoms with E-state index in [0.717, 1.165) is 11.6 Å². The van der Waals surface area contributed by atoms with Gasteiger partial charge in [-0.2, -0.15) is 5.10 Å². The van der Waals surface area contributed by atoms with Crippen LogP contribution < -0.4 is 0 Å². The Kier molecular flexibility index (Phi) is 5.39. The summed E-state index contributed by atoms with van der Waals surface area (Å²) in [6, 6.07) is 11.6. The molecule has 0 aliphatic carbocycles. The number of aromatic hydroxyl groups is 1. The second-order valence-corrected chi connectivity index (χ2v) is 7.68. The summed E-state index contributed by atoms with van der Waals surface area (Å²) < 4.78 is 40.0. The van der Waals surface area contributed by atoms with Crippen LogP contribution in [0.1, 0.15) is 17.4 Å². The van der Waals surface area contributed by atoms with E-state index in [0.29, 0.717) is 29.8 Å². The van der Waals surface area contributed by atoms with Crippen LogP contribution in [0, 0.1) is 11.6 Å². The molecule has 168 valence electrons. The molecule has 1 aliphatic rings. The first kappa shape index (κ1) is 20.9. The molecule has 1 saturated heterocycles. The minimum Gasteiger partial charge on any atom is -0.508 e. The highest BCUT2D eigenvalue weighted by molar-refractivity contribution is 5.80. The number of aromatic nitrogens is 2. The predicted molar refractivity (Wildman–Crippen MR) is 113 cm³/mol. The molecule has 1 amide bonds. The average molecular weight is 451 g/mol. The maximum atomic E-state index is 13.8. The number of carbonyl (C=O) groups excluding carboxylic acids is 1. The minimum absolute atomic E-state index is 0.0924. The van der Waals surface area contributed by atoms with Crippen LogP contribution in [0.2, 0.25) is 0 Å². The van der Waals surface area contributed by atoms with Gasteiger partial charge in [0.1, 0.15) is 29.7 Å². The van der Waals surface area contributed by atoms with E-state index < -0.39 is 17.9 Å². The maximum Gasteiger partial charge on any atom is 0.250 e. The van der Waals surface area contributed by atoms with Crippen molar-refractivity contribution in [1.29, 1.82) is 0 Å². The van der Waals surface area contributed by atoms with Gasteiger partial charge in [-0.1, -0.05) is 12.1 Å². The van der Waals surface area contributed by atoms with Crippen LogP contribution in [0.5, 0.6) is 5.75 Å². The molecule has 9 heteroatoms. The predicted octanol–water partition coefficient (Wildman–Crippen LogP) is 4.22. The van der Waals surface area contributed by atoms with E-state index >= 15 is 0 Å². The summed E-state index contributed by atoms with van der Waals surface area (Å²) in [5, 5.41) is 14.0. The van der Waals surface area contributed by atoms with Gasteiger partial charge in [-0.3, -0.25) is 4.79 Å². The molecule has 0 radical (unpaired) electrons. The fourth-order valence-corrected chi connectivity index (χ4v) is 3.86. The van der Waals surface area contributed by atoms with Gasteiger partial charge in [0.25, 0.3) is 5.91 Å². The average Bonchev–Trinajstić information content (AvgIpc) is 3.52. The Balaban J connectivity index is 1.50. The molecule has 0 spiro atoms. The van der Waals surface area contributed by atoms with Gasteiger partial charge in [-0.15, -0.1) is 0 Å². The lowest BCUT2D eigenvalue weighted by molar-refractivity contribution is -0.128. The number of amides is 1. The zero-order valence-corrected chi connectivity index (χ0v) is 17.3. The Labute approximate surface area is 187 Å². The fraction of sp³-hybridized carbons (Fsp3) is 0.167. The smallest absolute Gasteiger partial charge is 0.250 e. The van der Waals surface area contributed by atoms with Crippen molar-refractivity contribution < 1.29 is 27.8 Å². The number of hydrogen-bond acceptors (Lipinski definition) is 5. The van der Waals surface area contributed by atoms with Gasteiger partial charge >= 0.3 is 0 Å². The largest absolute Gasteiger partial charge is 0.508 e. The second kappa shape index (κ2) is 8.51. The molecule has 2 aromatic carbocycles. The van der Waals surface area contributed by atoms with Gasteiger partial charge in [0.2, 0.25) is 0 Å².